The molecule has 0 saturated carbocycles. The van der Waals surface area contributed by atoms with Crippen molar-refractivity contribution in [1.82, 2.24) is 9.42 Å². The van der Waals surface area contributed by atoms with Gasteiger partial charge in [-0.25, -0.2) is 18.0 Å². The van der Waals surface area contributed by atoms with Gasteiger partial charge in [0.15, 0.2) is 0 Å². The Kier molecular flexibility index (Phi) is 8.19. The van der Waals surface area contributed by atoms with Gasteiger partial charge in [0.25, 0.3) is 10.0 Å². The lowest BCUT2D eigenvalue weighted by molar-refractivity contribution is -0.140. The zero-order chi connectivity index (χ0) is 25.9. The largest absolute Gasteiger partial charge is 0.463 e. The number of hydrazine groups is 1. The lowest BCUT2D eigenvalue weighted by Gasteiger charge is -2.41. The summed E-state index contributed by atoms with van der Waals surface area (Å²) in [6.45, 7) is 8.81. The van der Waals surface area contributed by atoms with Crippen LogP contribution in [0, 0.1) is 6.92 Å². The van der Waals surface area contributed by atoms with Crippen molar-refractivity contribution in [2.24, 2.45) is 0 Å². The van der Waals surface area contributed by atoms with Crippen LogP contribution in [0.2, 0.25) is 0 Å². The van der Waals surface area contributed by atoms with Crippen molar-refractivity contribution in [2.75, 3.05) is 20.3 Å². The topological polar surface area (TPSA) is 93.2 Å². The number of hydrogen-bond acceptors (Lipinski definition) is 8. The summed E-state index contributed by atoms with van der Waals surface area (Å²) >= 11 is 1.39. The first-order valence-corrected chi connectivity index (χ1v) is 13.5. The van der Waals surface area contributed by atoms with Crippen molar-refractivity contribution in [3.8, 4) is 0 Å². The Morgan fingerprint density at radius 2 is 1.46 bits per heavy atom. The first-order valence-electron chi connectivity index (χ1n) is 11.2. The zero-order valence-corrected chi connectivity index (χ0v) is 22.3. The fourth-order valence-electron chi connectivity index (χ4n) is 4.12. The molecule has 2 heterocycles. The number of ether oxygens (including phenoxy) is 2. The second-order valence-electron chi connectivity index (χ2n) is 7.95. The fourth-order valence-corrected chi connectivity index (χ4v) is 6.21. The first kappa shape index (κ1) is 26.7. The van der Waals surface area contributed by atoms with Crippen LogP contribution in [0.3, 0.4) is 0 Å². The number of benzene rings is 1. The number of esters is 2. The third kappa shape index (κ3) is 5.05. The number of allylic oxidation sites excluding steroid dienone is 2. The van der Waals surface area contributed by atoms with Gasteiger partial charge in [-0.15, -0.1) is 15.8 Å². The summed E-state index contributed by atoms with van der Waals surface area (Å²) in [6.07, 6.45) is 0. The highest BCUT2D eigenvalue weighted by Gasteiger charge is 2.43. The molecule has 0 amide bonds. The van der Waals surface area contributed by atoms with Gasteiger partial charge in [0, 0.05) is 23.3 Å². The molecular weight excluding hydrogens is 488 g/mol. The lowest BCUT2D eigenvalue weighted by atomic mass is 9.84. The van der Waals surface area contributed by atoms with Gasteiger partial charge in [-0.05, 0) is 58.2 Å². The van der Waals surface area contributed by atoms with E-state index in [0.29, 0.717) is 11.4 Å². The minimum absolute atomic E-state index is 0.0851. The van der Waals surface area contributed by atoms with Crippen LogP contribution >= 0.6 is 11.3 Å². The summed E-state index contributed by atoms with van der Waals surface area (Å²) in [7, 11) is -2.64. The van der Waals surface area contributed by atoms with Crippen molar-refractivity contribution < 1.29 is 27.5 Å². The second kappa shape index (κ2) is 10.8. The molecule has 0 unspecified atom stereocenters. The summed E-state index contributed by atoms with van der Waals surface area (Å²) in [6, 6.07) is 10.1. The Labute approximate surface area is 210 Å². The average molecular weight is 519 g/mol. The monoisotopic (exact) mass is 518 g/mol. The molecule has 0 atom stereocenters. The van der Waals surface area contributed by atoms with Crippen molar-refractivity contribution in [2.45, 2.75) is 45.4 Å². The second-order valence-corrected chi connectivity index (χ2v) is 10.9. The van der Waals surface area contributed by atoms with Gasteiger partial charge in [-0.3, -0.25) is 5.01 Å². The van der Waals surface area contributed by atoms with E-state index in [2.05, 4.69) is 0 Å². The predicted octanol–water partition coefficient (Wildman–Crippen LogP) is 4.37. The molecule has 0 fully saturated rings. The van der Waals surface area contributed by atoms with E-state index >= 15 is 0 Å². The van der Waals surface area contributed by atoms with Crippen LogP contribution in [0.5, 0.6) is 0 Å². The number of rotatable bonds is 8. The molecule has 8 nitrogen and oxygen atoms in total. The van der Waals surface area contributed by atoms with Gasteiger partial charge in [-0.1, -0.05) is 23.8 Å². The summed E-state index contributed by atoms with van der Waals surface area (Å²) in [5, 5.41) is 3.23. The van der Waals surface area contributed by atoms with Crippen LogP contribution in [0.25, 0.3) is 0 Å². The molecule has 1 aromatic carbocycles. The Morgan fingerprint density at radius 1 is 0.943 bits per heavy atom. The van der Waals surface area contributed by atoms with Gasteiger partial charge in [-0.2, -0.15) is 0 Å². The highest BCUT2D eigenvalue weighted by Crippen LogP contribution is 2.45. The van der Waals surface area contributed by atoms with Crippen molar-refractivity contribution in [3.05, 3.63) is 74.8 Å². The molecular formula is C25H30N2O6S2. The molecule has 1 aromatic heterocycles. The molecule has 3 rings (SSSR count). The molecule has 0 spiro atoms. The van der Waals surface area contributed by atoms with E-state index in [1.165, 1.54) is 35.5 Å². The highest BCUT2D eigenvalue weighted by atomic mass is 32.2. The summed E-state index contributed by atoms with van der Waals surface area (Å²) in [5.74, 6) is -1.99. The number of sulfonamides is 1. The summed E-state index contributed by atoms with van der Waals surface area (Å²) in [5.41, 5.74) is 2.00. The van der Waals surface area contributed by atoms with E-state index < -0.39 is 27.9 Å². The third-order valence-electron chi connectivity index (χ3n) is 5.76. The predicted molar refractivity (Wildman–Crippen MR) is 134 cm³/mol. The van der Waals surface area contributed by atoms with E-state index in [1.54, 1.807) is 39.8 Å². The van der Waals surface area contributed by atoms with Crippen LogP contribution in [0.4, 0.5) is 0 Å². The molecule has 0 bridgehead atoms. The highest BCUT2D eigenvalue weighted by molar-refractivity contribution is 7.89. The van der Waals surface area contributed by atoms with E-state index in [0.717, 1.165) is 14.9 Å². The third-order valence-corrected chi connectivity index (χ3v) is 8.42. The molecule has 188 valence electrons. The Morgan fingerprint density at radius 3 is 1.89 bits per heavy atom. The maximum absolute atomic E-state index is 13.6. The quantitative estimate of drug-likeness (QED) is 0.479. The minimum atomic E-state index is -4.03. The maximum Gasteiger partial charge on any atom is 0.336 e. The Hall–Kier alpha value is -2.95. The van der Waals surface area contributed by atoms with Gasteiger partial charge in [0.1, 0.15) is 0 Å². The van der Waals surface area contributed by atoms with Crippen molar-refractivity contribution >= 4 is 33.3 Å². The Balaban J connectivity index is 2.27. The zero-order valence-electron chi connectivity index (χ0n) is 20.7. The Bertz CT molecular complexity index is 1220. The van der Waals surface area contributed by atoms with Crippen molar-refractivity contribution in [1.29, 1.82) is 0 Å². The molecule has 0 aliphatic carbocycles. The summed E-state index contributed by atoms with van der Waals surface area (Å²) < 4.78 is 38.9. The fraction of sp³-hybridized carbons (Fsp3) is 0.360. The number of carbonyl (C=O) groups excluding carboxylic acids is 2. The molecule has 10 heteroatoms. The van der Waals surface area contributed by atoms with Crippen molar-refractivity contribution in [3.63, 3.8) is 0 Å². The van der Waals surface area contributed by atoms with Gasteiger partial charge in [0.05, 0.1) is 35.2 Å². The van der Waals surface area contributed by atoms with Crippen LogP contribution in [-0.4, -0.2) is 50.0 Å². The lowest BCUT2D eigenvalue weighted by Crippen LogP contribution is -2.46. The van der Waals surface area contributed by atoms with Gasteiger partial charge >= 0.3 is 11.9 Å². The standard InChI is InChI=1S/C25H30N2O6S2/c1-7-32-24(28)21-17(4)27(26(6)35(30,31)19-13-11-16(3)12-14-19)18(5)22(25(29)33-8-2)23(21)20-10-9-15-34-20/h9-15,23H,7-8H2,1-6H3. The van der Waals surface area contributed by atoms with Crippen LogP contribution in [-0.2, 0) is 29.1 Å². The smallest absolute Gasteiger partial charge is 0.336 e. The van der Waals surface area contributed by atoms with Gasteiger partial charge in [0.2, 0.25) is 0 Å². The maximum atomic E-state index is 13.6. The van der Waals surface area contributed by atoms with E-state index in [-0.39, 0.29) is 29.3 Å². The van der Waals surface area contributed by atoms with E-state index in [9.17, 15) is 18.0 Å². The molecule has 1 aliphatic rings. The number of hydrogen-bond donors (Lipinski definition) is 0. The number of carbonyl (C=O) groups is 2. The number of aryl methyl sites for hydroxylation is 1. The molecule has 0 saturated heterocycles. The summed E-state index contributed by atoms with van der Waals surface area (Å²) in [4.78, 5) is 27.3. The van der Waals surface area contributed by atoms with Crippen LogP contribution in [0.1, 0.15) is 44.1 Å². The molecule has 2 aromatic rings. The average Bonchev–Trinajstić information content (AvgIpc) is 3.33. The van der Waals surface area contributed by atoms with Crippen LogP contribution < -0.4 is 0 Å². The molecule has 1 aliphatic heterocycles. The van der Waals surface area contributed by atoms with Gasteiger partial charge < -0.3 is 9.47 Å². The molecule has 0 N–H and O–H groups in total. The van der Waals surface area contributed by atoms with E-state index in [1.807, 2.05) is 24.4 Å². The number of thiophene rings is 1. The normalized spacial score (nSPS) is 15.1. The molecule has 0 radical (unpaired) electrons. The van der Waals surface area contributed by atoms with E-state index in [4.69, 9.17) is 9.47 Å². The molecule has 35 heavy (non-hydrogen) atoms. The first-order chi connectivity index (χ1) is 16.6. The number of nitrogens with zero attached hydrogens (tertiary/aromatic N) is 2. The SMILES string of the molecule is CCOC(=O)C1=C(C)N(N(C)S(=O)(=O)c2ccc(C)cc2)C(C)=C(C(=O)OCC)C1c1cccs1. The van der Waals surface area contributed by atoms with Crippen LogP contribution in [0.15, 0.2) is 69.2 Å². The minimum Gasteiger partial charge on any atom is -0.463 e.